The van der Waals surface area contributed by atoms with Gasteiger partial charge in [0.05, 0.1) is 25.4 Å². The highest BCUT2D eigenvalue weighted by molar-refractivity contribution is 6.31. The van der Waals surface area contributed by atoms with Gasteiger partial charge in [-0.2, -0.15) is 0 Å². The second kappa shape index (κ2) is 6.71. The second-order valence-electron chi connectivity index (χ2n) is 5.01. The maximum atomic E-state index is 6.03. The highest BCUT2D eigenvalue weighted by atomic mass is 35.5. The summed E-state index contributed by atoms with van der Waals surface area (Å²) in [6.45, 7) is 0. The van der Waals surface area contributed by atoms with Crippen LogP contribution in [-0.4, -0.2) is 19.2 Å². The second-order valence-corrected chi connectivity index (χ2v) is 5.45. The van der Waals surface area contributed by atoms with Crippen LogP contribution in [0.25, 0.3) is 23.1 Å². The van der Waals surface area contributed by atoms with Crippen molar-refractivity contribution >= 4 is 34.7 Å². The van der Waals surface area contributed by atoms with Crippen LogP contribution in [0.4, 0.5) is 0 Å². The summed E-state index contributed by atoms with van der Waals surface area (Å²) in [7, 11) is 3.27. The Morgan fingerprint density at radius 2 is 1.74 bits per heavy atom. The number of pyridine rings is 1. The predicted octanol–water partition coefficient (Wildman–Crippen LogP) is 5.08. The molecule has 23 heavy (non-hydrogen) atoms. The fraction of sp³-hybridized carbons (Fsp3) is 0.105. The smallest absolute Gasteiger partial charge is 0.129 e. The number of aromatic nitrogens is 1. The van der Waals surface area contributed by atoms with Crippen LogP contribution in [0.2, 0.25) is 5.02 Å². The molecule has 0 amide bonds. The fourth-order valence-corrected chi connectivity index (χ4v) is 2.50. The summed E-state index contributed by atoms with van der Waals surface area (Å²) < 4.78 is 10.6. The molecule has 0 radical (unpaired) electrons. The largest absolute Gasteiger partial charge is 0.497 e. The molecule has 4 heteroatoms. The first-order valence-electron chi connectivity index (χ1n) is 7.16. The minimum absolute atomic E-state index is 0.683. The fourth-order valence-electron chi connectivity index (χ4n) is 2.33. The first-order chi connectivity index (χ1) is 11.2. The molecular formula is C19H16ClNO2. The highest BCUT2D eigenvalue weighted by Gasteiger charge is 2.02. The van der Waals surface area contributed by atoms with Gasteiger partial charge in [0.15, 0.2) is 0 Å². The minimum atomic E-state index is 0.683. The van der Waals surface area contributed by atoms with Crippen molar-refractivity contribution in [2.24, 2.45) is 0 Å². The molecule has 0 aliphatic rings. The quantitative estimate of drug-likeness (QED) is 0.670. The molecule has 0 N–H and O–H groups in total. The Morgan fingerprint density at radius 1 is 0.913 bits per heavy atom. The van der Waals surface area contributed by atoms with Crippen molar-refractivity contribution < 1.29 is 9.47 Å². The highest BCUT2D eigenvalue weighted by Crippen LogP contribution is 2.26. The Kier molecular flexibility index (Phi) is 4.49. The van der Waals surface area contributed by atoms with Crippen molar-refractivity contribution in [3.63, 3.8) is 0 Å². The third-order valence-electron chi connectivity index (χ3n) is 3.55. The lowest BCUT2D eigenvalue weighted by atomic mass is 10.1. The Balaban J connectivity index is 1.93. The van der Waals surface area contributed by atoms with Crippen molar-refractivity contribution in [1.82, 2.24) is 4.98 Å². The number of methoxy groups -OCH3 is 2. The lowest BCUT2D eigenvalue weighted by molar-refractivity contribution is 0.394. The van der Waals surface area contributed by atoms with Crippen molar-refractivity contribution in [1.29, 1.82) is 0 Å². The molecule has 0 unspecified atom stereocenters. The standard InChI is InChI=1S/C19H16ClNO2/c1-22-17-10-6-14(19(12-17)23-2)5-9-16-8-4-13-3-7-15(20)11-18(13)21-16/h3-12H,1-2H3/b9-5+. The van der Waals surface area contributed by atoms with E-state index >= 15 is 0 Å². The number of ether oxygens (including phenoxy) is 2. The molecule has 2 aromatic carbocycles. The van der Waals surface area contributed by atoms with E-state index in [9.17, 15) is 0 Å². The van der Waals surface area contributed by atoms with Gasteiger partial charge in [0.2, 0.25) is 0 Å². The topological polar surface area (TPSA) is 31.4 Å². The van der Waals surface area contributed by atoms with Crippen molar-refractivity contribution in [2.75, 3.05) is 14.2 Å². The Labute approximate surface area is 140 Å². The van der Waals surface area contributed by atoms with Gasteiger partial charge in [-0.1, -0.05) is 23.7 Å². The number of benzene rings is 2. The average molecular weight is 326 g/mol. The molecule has 0 saturated heterocycles. The van der Waals surface area contributed by atoms with Crippen LogP contribution >= 0.6 is 11.6 Å². The maximum absolute atomic E-state index is 6.03. The molecule has 3 rings (SSSR count). The molecule has 3 aromatic rings. The van der Waals surface area contributed by atoms with Crippen LogP contribution in [0.1, 0.15) is 11.3 Å². The molecule has 3 nitrogen and oxygen atoms in total. The molecular weight excluding hydrogens is 310 g/mol. The molecule has 0 atom stereocenters. The van der Waals surface area contributed by atoms with E-state index in [2.05, 4.69) is 4.98 Å². The van der Waals surface area contributed by atoms with Gasteiger partial charge in [0, 0.05) is 22.0 Å². The van der Waals surface area contributed by atoms with Crippen molar-refractivity contribution in [3.8, 4) is 11.5 Å². The first-order valence-corrected chi connectivity index (χ1v) is 7.54. The molecule has 1 aromatic heterocycles. The van der Waals surface area contributed by atoms with E-state index in [1.54, 1.807) is 14.2 Å². The van der Waals surface area contributed by atoms with Gasteiger partial charge in [-0.15, -0.1) is 0 Å². The zero-order chi connectivity index (χ0) is 16.2. The van der Waals surface area contributed by atoms with E-state index in [4.69, 9.17) is 21.1 Å². The van der Waals surface area contributed by atoms with Gasteiger partial charge in [0.1, 0.15) is 11.5 Å². The molecule has 0 bridgehead atoms. The molecule has 0 aliphatic carbocycles. The van der Waals surface area contributed by atoms with Crippen LogP contribution < -0.4 is 9.47 Å². The van der Waals surface area contributed by atoms with Crippen LogP contribution in [0, 0.1) is 0 Å². The number of halogens is 1. The van der Waals surface area contributed by atoms with E-state index in [0.717, 1.165) is 33.7 Å². The summed E-state index contributed by atoms with van der Waals surface area (Å²) in [5.41, 5.74) is 2.69. The molecule has 0 fully saturated rings. The molecule has 0 spiro atoms. The van der Waals surface area contributed by atoms with Gasteiger partial charge in [0.25, 0.3) is 0 Å². The van der Waals surface area contributed by atoms with Crippen molar-refractivity contribution in [2.45, 2.75) is 0 Å². The normalized spacial score (nSPS) is 11.1. The lowest BCUT2D eigenvalue weighted by Crippen LogP contribution is -1.89. The number of hydrogen-bond donors (Lipinski definition) is 0. The number of hydrogen-bond acceptors (Lipinski definition) is 3. The lowest BCUT2D eigenvalue weighted by Gasteiger charge is -2.07. The average Bonchev–Trinajstić information content (AvgIpc) is 2.59. The summed E-state index contributed by atoms with van der Waals surface area (Å²) in [6, 6.07) is 15.4. The number of fused-ring (bicyclic) bond motifs is 1. The van der Waals surface area contributed by atoms with Crippen LogP contribution in [-0.2, 0) is 0 Å². The summed E-state index contributed by atoms with van der Waals surface area (Å²) in [5.74, 6) is 1.52. The summed E-state index contributed by atoms with van der Waals surface area (Å²) in [4.78, 5) is 4.60. The number of rotatable bonds is 4. The van der Waals surface area contributed by atoms with E-state index < -0.39 is 0 Å². The van der Waals surface area contributed by atoms with Gasteiger partial charge in [-0.05, 0) is 42.5 Å². The number of nitrogens with zero attached hydrogens (tertiary/aromatic N) is 1. The van der Waals surface area contributed by atoms with Crippen molar-refractivity contribution in [3.05, 3.63) is 64.8 Å². The Hall–Kier alpha value is -2.52. The summed E-state index contributed by atoms with van der Waals surface area (Å²) >= 11 is 6.03. The maximum Gasteiger partial charge on any atom is 0.129 e. The zero-order valence-corrected chi connectivity index (χ0v) is 13.7. The Bertz CT molecular complexity index is 874. The summed E-state index contributed by atoms with van der Waals surface area (Å²) in [6.07, 6.45) is 3.92. The van der Waals surface area contributed by atoms with E-state index in [-0.39, 0.29) is 0 Å². The third kappa shape index (κ3) is 3.46. The first kappa shape index (κ1) is 15.4. The zero-order valence-electron chi connectivity index (χ0n) is 12.9. The van der Waals surface area contributed by atoms with Gasteiger partial charge in [-0.3, -0.25) is 0 Å². The van der Waals surface area contributed by atoms with Crippen LogP contribution in [0.15, 0.2) is 48.5 Å². The predicted molar refractivity (Wildman–Crippen MR) is 95.2 cm³/mol. The minimum Gasteiger partial charge on any atom is -0.497 e. The molecule has 0 aliphatic heterocycles. The van der Waals surface area contributed by atoms with Gasteiger partial charge in [-0.25, -0.2) is 4.98 Å². The third-order valence-corrected chi connectivity index (χ3v) is 3.79. The monoisotopic (exact) mass is 325 g/mol. The van der Waals surface area contributed by atoms with E-state index in [1.807, 2.05) is 60.7 Å². The van der Waals surface area contributed by atoms with Gasteiger partial charge >= 0.3 is 0 Å². The molecule has 0 saturated carbocycles. The van der Waals surface area contributed by atoms with Gasteiger partial charge < -0.3 is 9.47 Å². The summed E-state index contributed by atoms with van der Waals surface area (Å²) in [5, 5.41) is 1.75. The van der Waals surface area contributed by atoms with E-state index in [1.165, 1.54) is 0 Å². The van der Waals surface area contributed by atoms with E-state index in [0.29, 0.717) is 5.02 Å². The Morgan fingerprint density at radius 3 is 2.52 bits per heavy atom. The molecule has 1 heterocycles. The molecule has 116 valence electrons. The SMILES string of the molecule is COc1ccc(/C=C/c2ccc3ccc(Cl)cc3n2)c(OC)c1. The van der Waals surface area contributed by atoms with Crippen LogP contribution in [0.5, 0.6) is 11.5 Å². The van der Waals surface area contributed by atoms with Crippen LogP contribution in [0.3, 0.4) is 0 Å².